The van der Waals surface area contributed by atoms with E-state index in [4.69, 9.17) is 14.2 Å². The molecule has 2 atom stereocenters. The summed E-state index contributed by atoms with van der Waals surface area (Å²) in [6.07, 6.45) is 6.64. The number of hydrogen-bond acceptors (Lipinski definition) is 4. The number of rotatable bonds is 6. The van der Waals surface area contributed by atoms with Crippen LogP contribution in [-0.2, 0) is 20.8 Å². The van der Waals surface area contributed by atoms with Gasteiger partial charge in [-0.05, 0) is 70.8 Å². The summed E-state index contributed by atoms with van der Waals surface area (Å²) in [6.45, 7) is 10.0. The van der Waals surface area contributed by atoms with E-state index in [1.54, 1.807) is 0 Å². The predicted molar refractivity (Wildman–Crippen MR) is 118 cm³/mol. The normalized spacial score (nSPS) is 27.7. The van der Waals surface area contributed by atoms with Crippen LogP contribution in [0.1, 0.15) is 71.8 Å². The van der Waals surface area contributed by atoms with Crippen LogP contribution in [0.15, 0.2) is 30.3 Å². The molecule has 30 heavy (non-hydrogen) atoms. The molecule has 1 aromatic carbocycles. The molecule has 1 aliphatic heterocycles. The second kappa shape index (κ2) is 10.6. The summed E-state index contributed by atoms with van der Waals surface area (Å²) in [4.78, 5) is 14.6. The van der Waals surface area contributed by atoms with Crippen molar-refractivity contribution in [1.82, 2.24) is 4.90 Å². The van der Waals surface area contributed by atoms with Crippen molar-refractivity contribution < 1.29 is 19.0 Å². The molecule has 5 nitrogen and oxygen atoms in total. The summed E-state index contributed by atoms with van der Waals surface area (Å²) >= 11 is 0. The molecule has 1 saturated heterocycles. The molecule has 0 aromatic heterocycles. The van der Waals surface area contributed by atoms with Crippen LogP contribution in [0.5, 0.6) is 0 Å². The lowest BCUT2D eigenvalue weighted by Crippen LogP contribution is -2.52. The Balaban J connectivity index is 1.43. The highest BCUT2D eigenvalue weighted by molar-refractivity contribution is 5.68. The minimum Gasteiger partial charge on any atom is -0.444 e. The molecule has 0 spiro atoms. The van der Waals surface area contributed by atoms with E-state index in [-0.39, 0.29) is 18.2 Å². The number of piperidine rings is 1. The van der Waals surface area contributed by atoms with E-state index < -0.39 is 5.60 Å². The van der Waals surface area contributed by atoms with Gasteiger partial charge in [-0.2, -0.15) is 0 Å². The van der Waals surface area contributed by atoms with Gasteiger partial charge in [0.05, 0.1) is 31.5 Å². The van der Waals surface area contributed by atoms with Gasteiger partial charge >= 0.3 is 6.09 Å². The van der Waals surface area contributed by atoms with Crippen molar-refractivity contribution in [2.45, 2.75) is 96.7 Å². The van der Waals surface area contributed by atoms with Gasteiger partial charge in [0.1, 0.15) is 5.60 Å². The minimum atomic E-state index is -0.471. The quantitative estimate of drug-likeness (QED) is 0.607. The zero-order chi connectivity index (χ0) is 21.6. The lowest BCUT2D eigenvalue weighted by atomic mass is 9.91. The Morgan fingerprint density at radius 3 is 2.27 bits per heavy atom. The Hall–Kier alpha value is -1.59. The van der Waals surface area contributed by atoms with E-state index in [2.05, 4.69) is 31.2 Å². The van der Waals surface area contributed by atoms with E-state index in [0.29, 0.717) is 25.2 Å². The fraction of sp³-hybridized carbons (Fsp3) is 0.720. The van der Waals surface area contributed by atoms with Crippen LogP contribution in [0, 0.1) is 5.92 Å². The third-order valence-electron chi connectivity index (χ3n) is 6.20. The first-order valence-electron chi connectivity index (χ1n) is 11.6. The molecule has 5 heteroatoms. The maximum atomic E-state index is 12.7. The van der Waals surface area contributed by atoms with E-state index in [9.17, 15) is 4.79 Å². The molecule has 2 unspecified atom stereocenters. The first-order chi connectivity index (χ1) is 14.3. The Morgan fingerprint density at radius 2 is 1.63 bits per heavy atom. The number of nitrogens with zero attached hydrogens (tertiary/aromatic N) is 1. The molecule has 1 saturated carbocycles. The number of amides is 1. The summed E-state index contributed by atoms with van der Waals surface area (Å²) in [5.74, 6) is 0.428. The monoisotopic (exact) mass is 417 g/mol. The largest absolute Gasteiger partial charge is 0.444 e. The lowest BCUT2D eigenvalue weighted by molar-refractivity contribution is -0.0644. The van der Waals surface area contributed by atoms with Crippen molar-refractivity contribution >= 4 is 6.09 Å². The summed E-state index contributed by atoms with van der Waals surface area (Å²) in [7, 11) is 0. The van der Waals surface area contributed by atoms with Gasteiger partial charge in [-0.3, -0.25) is 0 Å². The molecule has 168 valence electrons. The van der Waals surface area contributed by atoms with Crippen molar-refractivity contribution in [3.63, 3.8) is 0 Å². The van der Waals surface area contributed by atoms with Gasteiger partial charge in [0, 0.05) is 6.54 Å². The molecule has 3 rings (SSSR count). The Kier molecular flexibility index (Phi) is 8.18. The number of ether oxygens (including phenoxy) is 3. The molecule has 1 aromatic rings. The zero-order valence-corrected chi connectivity index (χ0v) is 19.1. The van der Waals surface area contributed by atoms with Crippen LogP contribution in [0.3, 0.4) is 0 Å². The predicted octanol–water partition coefficient (Wildman–Crippen LogP) is 5.57. The first kappa shape index (κ1) is 23.1. The van der Waals surface area contributed by atoms with Gasteiger partial charge in [0.25, 0.3) is 0 Å². The van der Waals surface area contributed by atoms with Gasteiger partial charge in [0.15, 0.2) is 0 Å². The molecular formula is C25H39NO4. The summed E-state index contributed by atoms with van der Waals surface area (Å²) < 4.78 is 18.0. The number of carbonyl (C=O) groups excluding carboxylic acids is 1. The van der Waals surface area contributed by atoms with Crippen molar-refractivity contribution in [3.8, 4) is 0 Å². The standard InChI is InChI=1S/C25H39NO4/c1-19-9-8-16-26(24(27)30-25(2,3)4)23(19)18-29-22-14-12-21(13-15-22)28-17-20-10-6-5-7-11-20/h5-7,10-11,19,21-23H,8-9,12-18H2,1-4H3. The molecule has 2 aliphatic rings. The fourth-order valence-electron chi connectivity index (χ4n) is 4.44. The molecule has 0 bridgehead atoms. The third-order valence-corrected chi connectivity index (χ3v) is 6.20. The van der Waals surface area contributed by atoms with E-state index >= 15 is 0 Å². The summed E-state index contributed by atoms with van der Waals surface area (Å²) in [5.41, 5.74) is 0.755. The average molecular weight is 418 g/mol. The summed E-state index contributed by atoms with van der Waals surface area (Å²) in [5, 5.41) is 0. The molecule has 0 N–H and O–H groups in total. The first-order valence-corrected chi connectivity index (χ1v) is 11.6. The van der Waals surface area contributed by atoms with Gasteiger partial charge < -0.3 is 19.1 Å². The molecule has 2 fully saturated rings. The number of likely N-dealkylation sites (tertiary alicyclic amines) is 1. The van der Waals surface area contributed by atoms with Crippen molar-refractivity contribution in [3.05, 3.63) is 35.9 Å². The van der Waals surface area contributed by atoms with Gasteiger partial charge in [-0.15, -0.1) is 0 Å². The van der Waals surface area contributed by atoms with Crippen LogP contribution in [0.2, 0.25) is 0 Å². The lowest BCUT2D eigenvalue weighted by Gasteiger charge is -2.41. The maximum Gasteiger partial charge on any atom is 0.410 e. The topological polar surface area (TPSA) is 48.0 Å². The number of benzene rings is 1. The minimum absolute atomic E-state index is 0.0978. The van der Waals surface area contributed by atoms with Crippen LogP contribution in [-0.4, -0.2) is 48.0 Å². The van der Waals surface area contributed by atoms with Crippen molar-refractivity contribution in [2.75, 3.05) is 13.2 Å². The maximum absolute atomic E-state index is 12.7. The Bertz CT molecular complexity index is 649. The second-order valence-electron chi connectivity index (χ2n) is 9.89. The molecule has 0 radical (unpaired) electrons. The average Bonchev–Trinajstić information content (AvgIpc) is 2.71. The van der Waals surface area contributed by atoms with Crippen molar-refractivity contribution in [1.29, 1.82) is 0 Å². The molecule has 1 amide bonds. The van der Waals surface area contributed by atoms with E-state index in [0.717, 1.165) is 45.1 Å². The van der Waals surface area contributed by atoms with E-state index in [1.807, 2.05) is 31.7 Å². The van der Waals surface area contributed by atoms with Crippen molar-refractivity contribution in [2.24, 2.45) is 5.92 Å². The smallest absolute Gasteiger partial charge is 0.410 e. The number of hydrogen-bond donors (Lipinski definition) is 0. The SMILES string of the molecule is CC1CCCN(C(=O)OC(C)(C)C)C1COC1CCC(OCc2ccccc2)CC1. The highest BCUT2D eigenvalue weighted by Crippen LogP contribution is 2.28. The Morgan fingerprint density at radius 1 is 1.00 bits per heavy atom. The molecular weight excluding hydrogens is 378 g/mol. The van der Waals surface area contributed by atoms with Gasteiger partial charge in [0.2, 0.25) is 0 Å². The van der Waals surface area contributed by atoms with Gasteiger partial charge in [-0.1, -0.05) is 37.3 Å². The third kappa shape index (κ3) is 6.98. The van der Waals surface area contributed by atoms with Crippen LogP contribution in [0.25, 0.3) is 0 Å². The zero-order valence-electron chi connectivity index (χ0n) is 19.1. The highest BCUT2D eigenvalue weighted by Gasteiger charge is 2.35. The molecule has 1 heterocycles. The van der Waals surface area contributed by atoms with Crippen LogP contribution in [0.4, 0.5) is 4.79 Å². The summed E-state index contributed by atoms with van der Waals surface area (Å²) in [6, 6.07) is 10.4. The van der Waals surface area contributed by atoms with Gasteiger partial charge in [-0.25, -0.2) is 4.79 Å². The number of carbonyl (C=O) groups is 1. The van der Waals surface area contributed by atoms with Crippen LogP contribution >= 0.6 is 0 Å². The fourth-order valence-corrected chi connectivity index (χ4v) is 4.44. The van der Waals surface area contributed by atoms with Crippen LogP contribution < -0.4 is 0 Å². The molecule has 1 aliphatic carbocycles. The highest BCUT2D eigenvalue weighted by atomic mass is 16.6. The Labute approximate surface area is 182 Å². The second-order valence-corrected chi connectivity index (χ2v) is 9.89. The van der Waals surface area contributed by atoms with E-state index in [1.165, 1.54) is 5.56 Å².